The zero-order valence-electron chi connectivity index (χ0n) is 10.9. The van der Waals surface area contributed by atoms with Crippen molar-refractivity contribution in [2.75, 3.05) is 0 Å². The fourth-order valence-corrected chi connectivity index (χ4v) is 2.67. The van der Waals surface area contributed by atoms with Crippen molar-refractivity contribution in [2.45, 2.75) is 31.2 Å². The first-order valence-electron chi connectivity index (χ1n) is 6.84. The first-order valence-corrected chi connectivity index (χ1v) is 6.84. The number of nitrogens with one attached hydrogen (secondary N) is 1. The van der Waals surface area contributed by atoms with E-state index in [-0.39, 0.29) is 6.04 Å². The Bertz CT molecular complexity index is 535. The second-order valence-electron chi connectivity index (χ2n) is 5.18. The number of rotatable bonds is 4. The number of nitrogens with zero attached hydrogens (tertiary/aromatic N) is 1. The van der Waals surface area contributed by atoms with Gasteiger partial charge in [0.2, 0.25) is 0 Å². The van der Waals surface area contributed by atoms with E-state index in [4.69, 9.17) is 5.84 Å². The maximum Gasteiger partial charge on any atom is 0.0725 e. The quantitative estimate of drug-likeness (QED) is 0.650. The van der Waals surface area contributed by atoms with Crippen LogP contribution in [0, 0.1) is 0 Å². The average molecular weight is 253 g/mol. The average Bonchev–Trinajstić information content (AvgIpc) is 2.39. The van der Waals surface area contributed by atoms with Gasteiger partial charge in [-0.1, -0.05) is 36.8 Å². The van der Waals surface area contributed by atoms with Crippen LogP contribution < -0.4 is 11.3 Å². The molecule has 0 aliphatic heterocycles. The van der Waals surface area contributed by atoms with Gasteiger partial charge in [-0.25, -0.2) is 5.43 Å². The summed E-state index contributed by atoms with van der Waals surface area (Å²) in [5, 5.41) is 0. The van der Waals surface area contributed by atoms with E-state index >= 15 is 0 Å². The van der Waals surface area contributed by atoms with Crippen LogP contribution >= 0.6 is 0 Å². The van der Waals surface area contributed by atoms with Crippen molar-refractivity contribution in [3.8, 4) is 0 Å². The van der Waals surface area contributed by atoms with Gasteiger partial charge in [0.25, 0.3) is 0 Å². The lowest BCUT2D eigenvalue weighted by Gasteiger charge is -2.27. The van der Waals surface area contributed by atoms with Crippen LogP contribution in [0.2, 0.25) is 0 Å². The molecule has 0 amide bonds. The smallest absolute Gasteiger partial charge is 0.0725 e. The van der Waals surface area contributed by atoms with Crippen LogP contribution in [0.5, 0.6) is 0 Å². The third-order valence-corrected chi connectivity index (χ3v) is 4.01. The van der Waals surface area contributed by atoms with Gasteiger partial charge in [0.05, 0.1) is 6.04 Å². The molecule has 0 bridgehead atoms. The molecule has 1 saturated carbocycles. The van der Waals surface area contributed by atoms with Crippen LogP contribution in [0.15, 0.2) is 48.8 Å². The summed E-state index contributed by atoms with van der Waals surface area (Å²) in [5.74, 6) is 6.47. The lowest BCUT2D eigenvalue weighted by molar-refractivity contribution is 0.419. The van der Waals surface area contributed by atoms with Crippen molar-refractivity contribution in [3.05, 3.63) is 65.5 Å². The maximum absolute atomic E-state index is 5.73. The zero-order valence-corrected chi connectivity index (χ0v) is 10.9. The van der Waals surface area contributed by atoms with E-state index in [9.17, 15) is 0 Å². The standard InChI is InChI=1S/C16H19N3/c17-19-16(15-8-3-9-18-11-15)14-7-2-6-13(10-14)12-4-1-5-12/h2-3,6-12,16,19H,1,4-5,17H2. The van der Waals surface area contributed by atoms with E-state index in [0.717, 1.165) is 11.5 Å². The Morgan fingerprint density at radius 2 is 2.00 bits per heavy atom. The number of pyridine rings is 1. The molecule has 1 atom stereocenters. The summed E-state index contributed by atoms with van der Waals surface area (Å²) in [4.78, 5) is 4.17. The summed E-state index contributed by atoms with van der Waals surface area (Å²) in [6.45, 7) is 0. The topological polar surface area (TPSA) is 50.9 Å². The summed E-state index contributed by atoms with van der Waals surface area (Å²) in [6.07, 6.45) is 7.63. The monoisotopic (exact) mass is 253 g/mol. The highest BCUT2D eigenvalue weighted by Gasteiger charge is 2.21. The van der Waals surface area contributed by atoms with E-state index in [2.05, 4.69) is 34.7 Å². The number of hydrogen-bond donors (Lipinski definition) is 2. The molecule has 0 spiro atoms. The fraction of sp³-hybridized carbons (Fsp3) is 0.312. The normalized spacial score (nSPS) is 16.9. The highest BCUT2D eigenvalue weighted by atomic mass is 15.2. The first kappa shape index (κ1) is 12.3. The van der Waals surface area contributed by atoms with Crippen LogP contribution in [-0.4, -0.2) is 4.98 Å². The van der Waals surface area contributed by atoms with Crippen molar-refractivity contribution in [1.82, 2.24) is 10.4 Å². The summed E-state index contributed by atoms with van der Waals surface area (Å²) in [7, 11) is 0. The Morgan fingerprint density at radius 3 is 2.63 bits per heavy atom. The zero-order chi connectivity index (χ0) is 13.1. The van der Waals surface area contributed by atoms with E-state index in [0.29, 0.717) is 0 Å². The summed E-state index contributed by atoms with van der Waals surface area (Å²) in [6, 6.07) is 12.8. The van der Waals surface area contributed by atoms with Gasteiger partial charge in [-0.05, 0) is 41.5 Å². The van der Waals surface area contributed by atoms with Crippen LogP contribution in [0.25, 0.3) is 0 Å². The third kappa shape index (κ3) is 2.53. The first-order chi connectivity index (χ1) is 9.38. The van der Waals surface area contributed by atoms with Gasteiger partial charge < -0.3 is 0 Å². The van der Waals surface area contributed by atoms with Gasteiger partial charge in [0, 0.05) is 12.4 Å². The SMILES string of the molecule is NNC(c1cccnc1)c1cccc(C2CCC2)c1. The molecule has 1 fully saturated rings. The van der Waals surface area contributed by atoms with Crippen LogP contribution in [0.3, 0.4) is 0 Å². The second-order valence-corrected chi connectivity index (χ2v) is 5.18. The van der Waals surface area contributed by atoms with Gasteiger partial charge >= 0.3 is 0 Å². The maximum atomic E-state index is 5.73. The predicted molar refractivity (Wildman–Crippen MR) is 76.4 cm³/mol. The molecule has 0 radical (unpaired) electrons. The minimum absolute atomic E-state index is 0.00808. The molecule has 3 heteroatoms. The number of nitrogens with two attached hydrogens (primary N) is 1. The van der Waals surface area contributed by atoms with Crippen molar-refractivity contribution in [3.63, 3.8) is 0 Å². The minimum Gasteiger partial charge on any atom is -0.271 e. The fourth-order valence-electron chi connectivity index (χ4n) is 2.67. The minimum atomic E-state index is 0.00808. The van der Waals surface area contributed by atoms with Crippen LogP contribution in [0.4, 0.5) is 0 Å². The van der Waals surface area contributed by atoms with E-state index < -0.39 is 0 Å². The third-order valence-electron chi connectivity index (χ3n) is 4.01. The molecular weight excluding hydrogens is 234 g/mol. The number of hydrazine groups is 1. The van der Waals surface area contributed by atoms with Crippen LogP contribution in [-0.2, 0) is 0 Å². The largest absolute Gasteiger partial charge is 0.271 e. The van der Waals surface area contributed by atoms with Crippen molar-refractivity contribution in [1.29, 1.82) is 0 Å². The molecule has 1 aliphatic carbocycles. The number of benzene rings is 1. The Kier molecular flexibility index (Phi) is 3.58. The second kappa shape index (κ2) is 5.51. The highest BCUT2D eigenvalue weighted by molar-refractivity contribution is 5.34. The highest BCUT2D eigenvalue weighted by Crippen LogP contribution is 2.37. The van der Waals surface area contributed by atoms with E-state index in [1.165, 1.54) is 30.4 Å². The molecule has 3 nitrogen and oxygen atoms in total. The molecule has 1 aromatic carbocycles. The van der Waals surface area contributed by atoms with Gasteiger partial charge in [0.1, 0.15) is 0 Å². The molecule has 1 aromatic heterocycles. The van der Waals surface area contributed by atoms with Gasteiger partial charge in [-0.2, -0.15) is 0 Å². The van der Waals surface area contributed by atoms with Crippen molar-refractivity contribution >= 4 is 0 Å². The van der Waals surface area contributed by atoms with E-state index in [1.807, 2.05) is 18.3 Å². The van der Waals surface area contributed by atoms with Gasteiger partial charge in [-0.15, -0.1) is 0 Å². The van der Waals surface area contributed by atoms with E-state index in [1.54, 1.807) is 6.20 Å². The molecule has 19 heavy (non-hydrogen) atoms. The predicted octanol–water partition coefficient (Wildman–Crippen LogP) is 2.90. The van der Waals surface area contributed by atoms with Gasteiger partial charge in [-0.3, -0.25) is 10.8 Å². The Hall–Kier alpha value is -1.71. The Morgan fingerprint density at radius 1 is 1.16 bits per heavy atom. The number of aromatic nitrogens is 1. The molecule has 1 aliphatic rings. The van der Waals surface area contributed by atoms with Crippen molar-refractivity contribution < 1.29 is 0 Å². The molecule has 3 N–H and O–H groups in total. The molecule has 1 heterocycles. The van der Waals surface area contributed by atoms with Crippen LogP contribution in [0.1, 0.15) is 47.9 Å². The molecule has 3 rings (SSSR count). The molecule has 0 saturated heterocycles. The molecule has 1 unspecified atom stereocenters. The molecular formula is C16H19N3. The van der Waals surface area contributed by atoms with Crippen molar-refractivity contribution in [2.24, 2.45) is 5.84 Å². The Balaban J connectivity index is 1.91. The summed E-state index contributed by atoms with van der Waals surface area (Å²) in [5.41, 5.74) is 6.64. The lowest BCUT2D eigenvalue weighted by atomic mass is 9.79. The number of hydrogen-bond acceptors (Lipinski definition) is 3. The summed E-state index contributed by atoms with van der Waals surface area (Å²) >= 11 is 0. The Labute approximate surface area is 113 Å². The summed E-state index contributed by atoms with van der Waals surface area (Å²) < 4.78 is 0. The van der Waals surface area contributed by atoms with Gasteiger partial charge in [0.15, 0.2) is 0 Å². The molecule has 98 valence electrons. The molecule has 2 aromatic rings. The lowest BCUT2D eigenvalue weighted by Crippen LogP contribution is -2.29.